The molecule has 1 N–H and O–H groups in total. The number of hydrogen-bond donors (Lipinski definition) is 1. The lowest BCUT2D eigenvalue weighted by molar-refractivity contribution is -0.128. The molecular weight excluding hydrogens is 327 g/mol. The van der Waals surface area contributed by atoms with E-state index in [1.807, 2.05) is 13.8 Å². The van der Waals surface area contributed by atoms with Crippen LogP contribution in [-0.4, -0.2) is 36.0 Å². The minimum absolute atomic E-state index is 0.160. The Labute approximate surface area is 139 Å². The Balaban J connectivity index is 1.90. The number of rotatable bonds is 6. The van der Waals surface area contributed by atoms with Crippen molar-refractivity contribution >= 4 is 35.1 Å². The maximum absolute atomic E-state index is 12.2. The van der Waals surface area contributed by atoms with E-state index in [1.165, 1.54) is 4.90 Å². The molecule has 0 spiro atoms. The van der Waals surface area contributed by atoms with Gasteiger partial charge in [0.05, 0.1) is 11.6 Å². The number of benzene rings is 1. The molecule has 1 heterocycles. The number of carbonyl (C=O) groups excluding carboxylic acids is 2. The second-order valence-electron chi connectivity index (χ2n) is 5.54. The number of amides is 3. The van der Waals surface area contributed by atoms with Crippen LogP contribution < -0.4 is 10.1 Å². The number of nitrogens with zero attached hydrogens (tertiary/aromatic N) is 1. The minimum atomic E-state index is -0.442. The molecule has 0 saturated carbocycles. The number of halogens is 2. The van der Waals surface area contributed by atoms with Gasteiger partial charge in [-0.2, -0.15) is 0 Å². The van der Waals surface area contributed by atoms with Crippen molar-refractivity contribution in [1.29, 1.82) is 0 Å². The van der Waals surface area contributed by atoms with Gasteiger partial charge in [0.15, 0.2) is 0 Å². The smallest absolute Gasteiger partial charge is 0.324 e. The first-order chi connectivity index (χ1) is 10.4. The highest BCUT2D eigenvalue weighted by molar-refractivity contribution is 6.34. The van der Waals surface area contributed by atoms with E-state index in [0.29, 0.717) is 28.1 Å². The van der Waals surface area contributed by atoms with E-state index in [-0.39, 0.29) is 25.1 Å². The van der Waals surface area contributed by atoms with Crippen LogP contribution in [0.3, 0.4) is 0 Å². The molecule has 0 aromatic heterocycles. The Hall–Kier alpha value is -1.46. The van der Waals surface area contributed by atoms with Crippen LogP contribution in [0.25, 0.3) is 0 Å². The molecule has 22 heavy (non-hydrogen) atoms. The van der Waals surface area contributed by atoms with E-state index in [4.69, 9.17) is 27.9 Å². The Morgan fingerprint density at radius 1 is 1.32 bits per heavy atom. The van der Waals surface area contributed by atoms with Gasteiger partial charge in [0.2, 0.25) is 0 Å². The summed E-state index contributed by atoms with van der Waals surface area (Å²) in [5.74, 6) is 0.551. The third-order valence-corrected chi connectivity index (χ3v) is 3.83. The summed E-state index contributed by atoms with van der Waals surface area (Å²) in [6.45, 7) is 4.34. The molecule has 1 fully saturated rings. The van der Waals surface area contributed by atoms with E-state index < -0.39 is 6.04 Å². The Kier molecular flexibility index (Phi) is 5.53. The Bertz CT molecular complexity index is 578. The lowest BCUT2D eigenvalue weighted by Crippen LogP contribution is -2.35. The van der Waals surface area contributed by atoms with Crippen LogP contribution in [0.5, 0.6) is 5.75 Å². The van der Waals surface area contributed by atoms with Gasteiger partial charge in [-0.1, -0.05) is 37.0 Å². The number of urea groups is 1. The highest BCUT2D eigenvalue weighted by Gasteiger charge is 2.37. The summed E-state index contributed by atoms with van der Waals surface area (Å²) in [4.78, 5) is 25.2. The van der Waals surface area contributed by atoms with Crippen molar-refractivity contribution in [3.05, 3.63) is 28.2 Å². The van der Waals surface area contributed by atoms with Gasteiger partial charge in [0.1, 0.15) is 18.4 Å². The molecule has 1 saturated heterocycles. The molecule has 1 aliphatic rings. The molecule has 1 aliphatic heterocycles. The van der Waals surface area contributed by atoms with Crippen molar-refractivity contribution in [1.82, 2.24) is 10.2 Å². The van der Waals surface area contributed by atoms with Gasteiger partial charge in [-0.05, 0) is 24.5 Å². The molecular formula is C15H18Cl2N2O3. The molecule has 1 aromatic rings. The van der Waals surface area contributed by atoms with Crippen LogP contribution in [0.1, 0.15) is 20.3 Å². The zero-order chi connectivity index (χ0) is 16.3. The van der Waals surface area contributed by atoms with Gasteiger partial charge >= 0.3 is 6.03 Å². The van der Waals surface area contributed by atoms with Crippen LogP contribution in [0.4, 0.5) is 4.79 Å². The van der Waals surface area contributed by atoms with Gasteiger partial charge < -0.3 is 10.1 Å². The third kappa shape index (κ3) is 4.05. The zero-order valence-electron chi connectivity index (χ0n) is 12.4. The minimum Gasteiger partial charge on any atom is -0.490 e. The monoisotopic (exact) mass is 344 g/mol. The van der Waals surface area contributed by atoms with E-state index in [1.54, 1.807) is 18.2 Å². The molecule has 120 valence electrons. The summed E-state index contributed by atoms with van der Waals surface area (Å²) in [7, 11) is 0. The lowest BCUT2D eigenvalue weighted by Gasteiger charge is -2.15. The molecule has 0 radical (unpaired) electrons. The van der Waals surface area contributed by atoms with Crippen LogP contribution in [0.2, 0.25) is 10.0 Å². The van der Waals surface area contributed by atoms with E-state index in [9.17, 15) is 9.59 Å². The molecule has 1 atom stereocenters. The Morgan fingerprint density at radius 3 is 2.73 bits per heavy atom. The van der Waals surface area contributed by atoms with Gasteiger partial charge in [-0.15, -0.1) is 0 Å². The average molecular weight is 345 g/mol. The quantitative estimate of drug-likeness (QED) is 0.805. The SMILES string of the molecule is CC(C)CC1NC(=O)N(CCOc2cc(Cl)ccc2Cl)C1=O. The summed E-state index contributed by atoms with van der Waals surface area (Å²) >= 11 is 11.9. The molecule has 0 aliphatic carbocycles. The largest absolute Gasteiger partial charge is 0.490 e. The van der Waals surface area contributed by atoms with E-state index in [0.717, 1.165) is 0 Å². The Morgan fingerprint density at radius 2 is 2.05 bits per heavy atom. The van der Waals surface area contributed by atoms with Gasteiger partial charge in [0, 0.05) is 11.1 Å². The van der Waals surface area contributed by atoms with Gasteiger partial charge in [-0.3, -0.25) is 9.69 Å². The lowest BCUT2D eigenvalue weighted by atomic mass is 10.0. The molecule has 1 unspecified atom stereocenters. The summed E-state index contributed by atoms with van der Waals surface area (Å²) < 4.78 is 5.50. The topological polar surface area (TPSA) is 58.6 Å². The van der Waals surface area contributed by atoms with Crippen molar-refractivity contribution in [3.8, 4) is 5.75 Å². The van der Waals surface area contributed by atoms with E-state index in [2.05, 4.69) is 5.32 Å². The fourth-order valence-corrected chi connectivity index (χ4v) is 2.59. The standard InChI is InChI=1S/C15H18Cl2N2O3/c1-9(2)7-12-14(20)19(15(21)18-12)5-6-22-13-8-10(16)3-4-11(13)17/h3-4,8-9,12H,5-7H2,1-2H3,(H,18,21). The van der Waals surface area contributed by atoms with Crippen LogP contribution >= 0.6 is 23.2 Å². The molecule has 0 bridgehead atoms. The number of nitrogens with one attached hydrogen (secondary N) is 1. The van der Waals surface area contributed by atoms with Gasteiger partial charge in [0.25, 0.3) is 5.91 Å². The fourth-order valence-electron chi connectivity index (χ4n) is 2.25. The van der Waals surface area contributed by atoms with Crippen molar-refractivity contribution in [2.75, 3.05) is 13.2 Å². The first-order valence-corrected chi connectivity index (χ1v) is 7.83. The van der Waals surface area contributed by atoms with Gasteiger partial charge in [-0.25, -0.2) is 4.79 Å². The predicted octanol–water partition coefficient (Wildman–Crippen LogP) is 3.34. The average Bonchev–Trinajstić information content (AvgIpc) is 2.69. The number of ether oxygens (including phenoxy) is 1. The number of imide groups is 1. The highest BCUT2D eigenvalue weighted by atomic mass is 35.5. The van der Waals surface area contributed by atoms with Crippen LogP contribution in [0.15, 0.2) is 18.2 Å². The van der Waals surface area contributed by atoms with Crippen LogP contribution in [-0.2, 0) is 4.79 Å². The van der Waals surface area contributed by atoms with Crippen molar-refractivity contribution in [2.45, 2.75) is 26.3 Å². The fraction of sp³-hybridized carbons (Fsp3) is 0.467. The summed E-state index contributed by atoms with van der Waals surface area (Å²) in [5, 5.41) is 3.62. The van der Waals surface area contributed by atoms with Crippen molar-refractivity contribution in [3.63, 3.8) is 0 Å². The summed E-state index contributed by atoms with van der Waals surface area (Å²) in [6, 6.07) is 4.06. The highest BCUT2D eigenvalue weighted by Crippen LogP contribution is 2.27. The number of carbonyl (C=O) groups is 2. The summed E-state index contributed by atoms with van der Waals surface area (Å²) in [6.07, 6.45) is 0.627. The first-order valence-electron chi connectivity index (χ1n) is 7.08. The maximum atomic E-state index is 12.2. The maximum Gasteiger partial charge on any atom is 0.324 e. The number of hydrogen-bond acceptors (Lipinski definition) is 3. The second kappa shape index (κ2) is 7.20. The van der Waals surface area contributed by atoms with Crippen molar-refractivity contribution < 1.29 is 14.3 Å². The normalized spacial score (nSPS) is 18.0. The van der Waals surface area contributed by atoms with E-state index >= 15 is 0 Å². The first kappa shape index (κ1) is 16.9. The zero-order valence-corrected chi connectivity index (χ0v) is 13.9. The summed E-state index contributed by atoms with van der Waals surface area (Å²) in [5.41, 5.74) is 0. The molecule has 1 aromatic carbocycles. The molecule has 2 rings (SSSR count). The third-order valence-electron chi connectivity index (χ3n) is 3.28. The molecule has 5 nitrogen and oxygen atoms in total. The van der Waals surface area contributed by atoms with Crippen LogP contribution in [0, 0.1) is 5.92 Å². The second-order valence-corrected chi connectivity index (χ2v) is 6.39. The predicted molar refractivity (Wildman–Crippen MR) is 85.4 cm³/mol. The van der Waals surface area contributed by atoms with Crippen molar-refractivity contribution in [2.24, 2.45) is 5.92 Å². The molecule has 3 amide bonds. The molecule has 7 heteroatoms.